The third kappa shape index (κ3) is 3.77. The third-order valence-corrected chi connectivity index (χ3v) is 5.25. The van der Waals surface area contributed by atoms with Gasteiger partial charge >= 0.3 is 0 Å². The molecule has 0 aliphatic rings. The Balaban J connectivity index is 1.81. The number of nitrogens with one attached hydrogen (secondary N) is 1. The van der Waals surface area contributed by atoms with Gasteiger partial charge in [-0.15, -0.1) is 0 Å². The minimum Gasteiger partial charge on any atom is -0.321 e. The Morgan fingerprint density at radius 3 is 2.59 bits per heavy atom. The second-order valence-electron chi connectivity index (χ2n) is 5.89. The molecule has 1 amide bonds. The average molecular weight is 483 g/mol. The van der Waals surface area contributed by atoms with Crippen LogP contribution < -0.4 is 5.32 Å². The number of benzene rings is 2. The first kappa shape index (κ1) is 17.8. The van der Waals surface area contributed by atoms with Crippen molar-refractivity contribution in [3.8, 4) is 11.3 Å². The molecule has 1 N–H and O–H groups in total. The first-order valence-corrected chi connectivity index (χ1v) is 9.77. The summed E-state index contributed by atoms with van der Waals surface area (Å²) in [5.41, 5.74) is 3.60. The monoisotopic (exact) mass is 481 g/mol. The molecule has 0 radical (unpaired) electrons. The van der Waals surface area contributed by atoms with Crippen molar-refractivity contribution in [1.82, 2.24) is 9.97 Å². The number of hydrogen-bond donors (Lipinski definition) is 1. The zero-order chi connectivity index (χ0) is 18.8. The molecule has 4 aromatic rings. The Morgan fingerprint density at radius 1 is 0.963 bits per heavy atom. The normalized spacial score (nSPS) is 10.7. The molecule has 0 atom stereocenters. The molecule has 4 nitrogen and oxygen atoms in total. The molecule has 27 heavy (non-hydrogen) atoms. The van der Waals surface area contributed by atoms with Crippen LogP contribution in [0.5, 0.6) is 0 Å². The van der Waals surface area contributed by atoms with Crippen LogP contribution in [-0.2, 0) is 0 Å². The molecular weight excluding hydrogens is 470 g/mol. The highest BCUT2D eigenvalue weighted by Crippen LogP contribution is 2.29. The maximum absolute atomic E-state index is 13.1. The van der Waals surface area contributed by atoms with E-state index in [1.54, 1.807) is 18.5 Å². The number of anilines is 1. The maximum Gasteiger partial charge on any atom is 0.256 e. The zero-order valence-electron chi connectivity index (χ0n) is 14.0. The molecule has 2 aromatic heterocycles. The smallest absolute Gasteiger partial charge is 0.256 e. The van der Waals surface area contributed by atoms with Crippen LogP contribution in [0.2, 0.25) is 0 Å². The first-order valence-electron chi connectivity index (χ1n) is 8.18. The largest absolute Gasteiger partial charge is 0.321 e. The summed E-state index contributed by atoms with van der Waals surface area (Å²) < 4.78 is 1.73. The lowest BCUT2D eigenvalue weighted by molar-refractivity contribution is 0.102. The molecule has 0 unspecified atom stereocenters. The van der Waals surface area contributed by atoms with Crippen molar-refractivity contribution >= 4 is 54.4 Å². The van der Waals surface area contributed by atoms with E-state index in [0.29, 0.717) is 16.9 Å². The van der Waals surface area contributed by atoms with Crippen LogP contribution in [0.1, 0.15) is 10.4 Å². The van der Waals surface area contributed by atoms with Gasteiger partial charge in [-0.1, -0.05) is 34.1 Å². The van der Waals surface area contributed by atoms with Crippen LogP contribution in [0.25, 0.3) is 22.2 Å². The van der Waals surface area contributed by atoms with E-state index in [-0.39, 0.29) is 5.91 Å². The van der Waals surface area contributed by atoms with Gasteiger partial charge in [0.2, 0.25) is 0 Å². The molecular formula is C21H13Br2N3O. The number of nitrogens with zero attached hydrogens (tertiary/aromatic N) is 2. The standard InChI is InChI=1S/C21H13Br2N3O/c22-14-7-8-19(17(23)10-14)26-21(27)16-11-20(13-4-3-9-24-12-13)25-18-6-2-1-5-15(16)18/h1-12H,(H,26,27). The molecule has 0 bridgehead atoms. The van der Waals surface area contributed by atoms with Crippen molar-refractivity contribution in [3.63, 3.8) is 0 Å². The van der Waals surface area contributed by atoms with Gasteiger partial charge in [0.25, 0.3) is 5.91 Å². The van der Waals surface area contributed by atoms with Gasteiger partial charge in [-0.25, -0.2) is 4.98 Å². The van der Waals surface area contributed by atoms with Crippen LogP contribution >= 0.6 is 31.9 Å². The molecule has 4 rings (SSSR count). The van der Waals surface area contributed by atoms with Gasteiger partial charge < -0.3 is 5.32 Å². The quantitative estimate of drug-likeness (QED) is 0.385. The average Bonchev–Trinajstić information content (AvgIpc) is 2.70. The molecule has 2 heterocycles. The van der Waals surface area contributed by atoms with E-state index >= 15 is 0 Å². The van der Waals surface area contributed by atoms with Crippen molar-refractivity contribution in [1.29, 1.82) is 0 Å². The van der Waals surface area contributed by atoms with Gasteiger partial charge in [0.15, 0.2) is 0 Å². The van der Waals surface area contributed by atoms with Crippen molar-refractivity contribution in [2.45, 2.75) is 0 Å². The minimum atomic E-state index is -0.193. The molecule has 2 aromatic carbocycles. The maximum atomic E-state index is 13.1. The molecule has 0 fully saturated rings. The van der Waals surface area contributed by atoms with Gasteiger partial charge in [0.05, 0.1) is 22.5 Å². The number of fused-ring (bicyclic) bond motifs is 1. The molecule has 6 heteroatoms. The number of carbonyl (C=O) groups is 1. The van der Waals surface area contributed by atoms with Crippen molar-refractivity contribution in [2.75, 3.05) is 5.32 Å². The van der Waals surface area contributed by atoms with Crippen LogP contribution in [0.4, 0.5) is 5.69 Å². The predicted molar refractivity (Wildman–Crippen MR) is 115 cm³/mol. The van der Waals surface area contributed by atoms with E-state index in [2.05, 4.69) is 47.1 Å². The molecule has 0 saturated carbocycles. The fraction of sp³-hybridized carbons (Fsp3) is 0. The Bertz CT molecular complexity index is 1150. The Kier molecular flexibility index (Phi) is 5.01. The van der Waals surface area contributed by atoms with Crippen LogP contribution in [-0.4, -0.2) is 15.9 Å². The van der Waals surface area contributed by atoms with Gasteiger partial charge in [-0.2, -0.15) is 0 Å². The molecule has 0 saturated heterocycles. The summed E-state index contributed by atoms with van der Waals surface area (Å²) >= 11 is 6.90. The lowest BCUT2D eigenvalue weighted by Crippen LogP contribution is -2.13. The minimum absolute atomic E-state index is 0.193. The van der Waals surface area contributed by atoms with Crippen molar-refractivity contribution in [3.05, 3.63) is 87.6 Å². The summed E-state index contributed by atoms with van der Waals surface area (Å²) in [5.74, 6) is -0.193. The zero-order valence-corrected chi connectivity index (χ0v) is 17.2. The topological polar surface area (TPSA) is 54.9 Å². The summed E-state index contributed by atoms with van der Waals surface area (Å²) in [6.45, 7) is 0. The summed E-state index contributed by atoms with van der Waals surface area (Å²) in [6.07, 6.45) is 3.45. The molecule has 0 aliphatic heterocycles. The van der Waals surface area contributed by atoms with E-state index in [1.165, 1.54) is 0 Å². The second-order valence-corrected chi connectivity index (χ2v) is 7.66. The number of amides is 1. The fourth-order valence-electron chi connectivity index (χ4n) is 2.81. The van der Waals surface area contributed by atoms with Crippen molar-refractivity contribution in [2.24, 2.45) is 0 Å². The number of aromatic nitrogens is 2. The number of rotatable bonds is 3. The lowest BCUT2D eigenvalue weighted by atomic mass is 10.0. The highest BCUT2D eigenvalue weighted by molar-refractivity contribution is 9.11. The van der Waals surface area contributed by atoms with Gasteiger partial charge in [0.1, 0.15) is 0 Å². The highest BCUT2D eigenvalue weighted by atomic mass is 79.9. The van der Waals surface area contributed by atoms with Crippen LogP contribution in [0.3, 0.4) is 0 Å². The number of halogens is 2. The van der Waals surface area contributed by atoms with Gasteiger partial charge in [0, 0.05) is 32.3 Å². The summed E-state index contributed by atoms with van der Waals surface area (Å²) in [4.78, 5) is 21.9. The Hall–Kier alpha value is -2.57. The number of hydrogen-bond acceptors (Lipinski definition) is 3. The summed E-state index contributed by atoms with van der Waals surface area (Å²) in [6, 6.07) is 18.8. The van der Waals surface area contributed by atoms with E-state index < -0.39 is 0 Å². The highest BCUT2D eigenvalue weighted by Gasteiger charge is 2.15. The molecule has 0 aliphatic carbocycles. The third-order valence-electron chi connectivity index (χ3n) is 4.10. The van der Waals surface area contributed by atoms with E-state index in [4.69, 9.17) is 0 Å². The second kappa shape index (κ2) is 7.58. The first-order chi connectivity index (χ1) is 13.1. The van der Waals surface area contributed by atoms with Crippen LogP contribution in [0, 0.1) is 0 Å². The number of carbonyl (C=O) groups excluding carboxylic acids is 1. The SMILES string of the molecule is O=C(Nc1ccc(Br)cc1Br)c1cc(-c2cccnc2)nc2ccccc12. The molecule has 132 valence electrons. The van der Waals surface area contributed by atoms with E-state index in [0.717, 1.165) is 25.4 Å². The Morgan fingerprint density at radius 2 is 1.81 bits per heavy atom. The summed E-state index contributed by atoms with van der Waals surface area (Å²) in [5, 5.41) is 3.78. The van der Waals surface area contributed by atoms with E-state index in [9.17, 15) is 4.79 Å². The predicted octanol–water partition coefficient (Wildman–Crippen LogP) is 6.07. The Labute approximate surface area is 172 Å². The van der Waals surface area contributed by atoms with Crippen molar-refractivity contribution < 1.29 is 4.79 Å². The fourth-order valence-corrected chi connectivity index (χ4v) is 3.95. The van der Waals surface area contributed by atoms with Gasteiger partial charge in [-0.05, 0) is 58.4 Å². The molecule has 0 spiro atoms. The number of pyridine rings is 2. The number of para-hydroxylation sites is 1. The van der Waals surface area contributed by atoms with Crippen LogP contribution in [0.15, 0.2) is 82.0 Å². The lowest BCUT2D eigenvalue weighted by Gasteiger charge is -2.12. The van der Waals surface area contributed by atoms with Gasteiger partial charge in [-0.3, -0.25) is 9.78 Å². The van der Waals surface area contributed by atoms with E-state index in [1.807, 2.05) is 54.6 Å². The summed E-state index contributed by atoms with van der Waals surface area (Å²) in [7, 11) is 0.